The van der Waals surface area contributed by atoms with E-state index in [0.29, 0.717) is 17.3 Å². The predicted molar refractivity (Wildman–Crippen MR) is 132 cm³/mol. The van der Waals surface area contributed by atoms with Gasteiger partial charge in [0.1, 0.15) is 5.82 Å². The minimum atomic E-state index is -0.205. The Balaban J connectivity index is 1.30. The van der Waals surface area contributed by atoms with Gasteiger partial charge < -0.3 is 10.2 Å². The zero-order valence-electron chi connectivity index (χ0n) is 18.8. The van der Waals surface area contributed by atoms with Crippen LogP contribution in [0.15, 0.2) is 65.5 Å². The molecule has 6 nitrogen and oxygen atoms in total. The van der Waals surface area contributed by atoms with Crippen LogP contribution in [0.1, 0.15) is 30.4 Å². The number of carbonyl (C=O) groups is 1. The van der Waals surface area contributed by atoms with Crippen LogP contribution in [0.25, 0.3) is 5.69 Å². The first-order valence-corrected chi connectivity index (χ1v) is 11.8. The molecule has 1 aliphatic rings. The van der Waals surface area contributed by atoms with E-state index in [-0.39, 0.29) is 17.4 Å². The maximum atomic E-state index is 12.6. The Kier molecular flexibility index (Phi) is 7.45. The van der Waals surface area contributed by atoms with Gasteiger partial charge in [0, 0.05) is 36.6 Å². The molecule has 1 amide bonds. The summed E-state index contributed by atoms with van der Waals surface area (Å²) in [6.07, 6.45) is 3.43. The van der Waals surface area contributed by atoms with Crippen LogP contribution in [0.4, 0.5) is 5.82 Å². The van der Waals surface area contributed by atoms with E-state index >= 15 is 0 Å². The highest BCUT2D eigenvalue weighted by atomic mass is 35.5. The molecule has 3 aromatic rings. The molecule has 0 spiro atoms. The molecule has 172 valence electrons. The zero-order chi connectivity index (χ0) is 23.2. The summed E-state index contributed by atoms with van der Waals surface area (Å²) in [5, 5.41) is 8.26. The Hall–Kier alpha value is -3.12. The fourth-order valence-electron chi connectivity index (χ4n) is 4.13. The molecule has 2 aromatic carbocycles. The van der Waals surface area contributed by atoms with Crippen molar-refractivity contribution in [1.29, 1.82) is 0 Å². The van der Waals surface area contributed by atoms with Crippen molar-refractivity contribution in [3.63, 3.8) is 0 Å². The third-order valence-electron chi connectivity index (χ3n) is 6.16. The first kappa shape index (κ1) is 23.1. The summed E-state index contributed by atoms with van der Waals surface area (Å²) in [7, 11) is 0. The third-order valence-corrected chi connectivity index (χ3v) is 6.57. The average molecular weight is 465 g/mol. The first-order chi connectivity index (χ1) is 16.0. The molecule has 1 fully saturated rings. The zero-order valence-corrected chi connectivity index (χ0v) is 19.6. The average Bonchev–Trinajstić information content (AvgIpc) is 2.84. The van der Waals surface area contributed by atoms with Crippen molar-refractivity contribution in [1.82, 2.24) is 15.1 Å². The van der Waals surface area contributed by atoms with Gasteiger partial charge in [0.15, 0.2) is 0 Å². The number of piperidine rings is 1. The Morgan fingerprint density at radius 3 is 2.58 bits per heavy atom. The van der Waals surface area contributed by atoms with Crippen LogP contribution in [-0.4, -0.2) is 35.3 Å². The van der Waals surface area contributed by atoms with Gasteiger partial charge in [-0.05, 0) is 61.9 Å². The highest BCUT2D eigenvalue weighted by Gasteiger charge is 2.25. The van der Waals surface area contributed by atoms with E-state index in [1.807, 2.05) is 37.3 Å². The van der Waals surface area contributed by atoms with Crippen molar-refractivity contribution in [2.45, 2.75) is 32.6 Å². The number of halogens is 1. The summed E-state index contributed by atoms with van der Waals surface area (Å²) in [5.74, 6) is 0.878. The molecule has 7 heteroatoms. The number of hydrogen-bond acceptors (Lipinski definition) is 4. The van der Waals surface area contributed by atoms with Crippen LogP contribution < -0.4 is 15.8 Å². The molecule has 0 saturated carbocycles. The van der Waals surface area contributed by atoms with Crippen molar-refractivity contribution in [2.24, 2.45) is 5.92 Å². The number of aryl methyl sites for hydroxylation is 2. The SMILES string of the molecule is Cc1ccc(-n2nc(N3CCC(C(=O)NCCCc4ccccc4)CC3)ccc2=O)cc1Cl. The number of anilines is 1. The van der Waals surface area contributed by atoms with Crippen LogP contribution in [0.2, 0.25) is 5.02 Å². The maximum Gasteiger partial charge on any atom is 0.271 e. The molecule has 0 radical (unpaired) electrons. The second kappa shape index (κ2) is 10.7. The number of aromatic nitrogens is 2. The number of benzene rings is 2. The van der Waals surface area contributed by atoms with Gasteiger partial charge in [-0.1, -0.05) is 48.0 Å². The summed E-state index contributed by atoms with van der Waals surface area (Å²) >= 11 is 6.24. The van der Waals surface area contributed by atoms with Crippen LogP contribution in [0.3, 0.4) is 0 Å². The van der Waals surface area contributed by atoms with Gasteiger partial charge in [0.25, 0.3) is 5.56 Å². The van der Waals surface area contributed by atoms with Gasteiger partial charge in [-0.15, -0.1) is 5.10 Å². The molecule has 2 heterocycles. The largest absolute Gasteiger partial charge is 0.356 e. The van der Waals surface area contributed by atoms with Gasteiger partial charge >= 0.3 is 0 Å². The molecule has 0 atom stereocenters. The number of carbonyl (C=O) groups excluding carboxylic acids is 1. The summed E-state index contributed by atoms with van der Waals surface area (Å²) in [6.45, 7) is 4.06. The molecule has 1 aromatic heterocycles. The van der Waals surface area contributed by atoms with Crippen LogP contribution in [-0.2, 0) is 11.2 Å². The number of amides is 1. The standard InChI is InChI=1S/C26H29ClN4O2/c1-19-9-10-22(18-23(19)27)31-25(32)12-11-24(29-31)30-16-13-21(14-17-30)26(33)28-15-5-8-20-6-3-2-4-7-20/h2-4,6-7,9-12,18,21H,5,8,13-17H2,1H3,(H,28,33). The molecular weight excluding hydrogens is 436 g/mol. The molecule has 4 rings (SSSR count). The number of hydrogen-bond donors (Lipinski definition) is 1. The topological polar surface area (TPSA) is 67.2 Å². The Labute approximate surface area is 199 Å². The van der Waals surface area contributed by atoms with E-state index in [1.54, 1.807) is 12.1 Å². The predicted octanol–water partition coefficient (Wildman–Crippen LogP) is 4.16. The van der Waals surface area contributed by atoms with Gasteiger partial charge in [-0.25, -0.2) is 0 Å². The summed E-state index contributed by atoms with van der Waals surface area (Å²) in [6, 6.07) is 19.1. The van der Waals surface area contributed by atoms with Gasteiger partial charge in [-0.3, -0.25) is 9.59 Å². The van der Waals surface area contributed by atoms with Crippen molar-refractivity contribution >= 4 is 23.3 Å². The second-order valence-corrected chi connectivity index (χ2v) is 8.92. The molecule has 1 aliphatic heterocycles. The lowest BCUT2D eigenvalue weighted by atomic mass is 9.96. The minimum Gasteiger partial charge on any atom is -0.356 e. The van der Waals surface area contributed by atoms with E-state index in [9.17, 15) is 9.59 Å². The number of nitrogens with one attached hydrogen (secondary N) is 1. The highest BCUT2D eigenvalue weighted by Crippen LogP contribution is 2.23. The molecule has 0 unspecified atom stereocenters. The van der Waals surface area contributed by atoms with Crippen molar-refractivity contribution in [3.8, 4) is 5.69 Å². The van der Waals surface area contributed by atoms with Crippen molar-refractivity contribution in [2.75, 3.05) is 24.5 Å². The van der Waals surface area contributed by atoms with E-state index in [1.165, 1.54) is 16.3 Å². The molecular formula is C26H29ClN4O2. The Morgan fingerprint density at radius 1 is 1.09 bits per heavy atom. The molecule has 1 N–H and O–H groups in total. The number of rotatable bonds is 7. The fourth-order valence-corrected chi connectivity index (χ4v) is 4.31. The summed E-state index contributed by atoms with van der Waals surface area (Å²) in [4.78, 5) is 27.1. The quantitative estimate of drug-likeness (QED) is 0.533. The van der Waals surface area contributed by atoms with E-state index in [0.717, 1.165) is 50.2 Å². The fraction of sp³-hybridized carbons (Fsp3) is 0.346. The van der Waals surface area contributed by atoms with E-state index < -0.39 is 0 Å². The van der Waals surface area contributed by atoms with Crippen molar-refractivity contribution in [3.05, 3.63) is 87.2 Å². The van der Waals surface area contributed by atoms with Gasteiger partial charge in [-0.2, -0.15) is 4.68 Å². The third kappa shape index (κ3) is 5.82. The monoisotopic (exact) mass is 464 g/mol. The van der Waals surface area contributed by atoms with E-state index in [2.05, 4.69) is 27.4 Å². The maximum absolute atomic E-state index is 12.6. The summed E-state index contributed by atoms with van der Waals surface area (Å²) in [5.41, 5.74) is 2.68. The first-order valence-electron chi connectivity index (χ1n) is 11.4. The van der Waals surface area contributed by atoms with Gasteiger partial charge in [0.2, 0.25) is 5.91 Å². The lowest BCUT2D eigenvalue weighted by Crippen LogP contribution is -2.41. The molecule has 0 aliphatic carbocycles. The Bertz CT molecular complexity index is 1150. The van der Waals surface area contributed by atoms with Crippen LogP contribution in [0.5, 0.6) is 0 Å². The van der Waals surface area contributed by atoms with Crippen LogP contribution in [0, 0.1) is 12.8 Å². The number of nitrogens with zero attached hydrogens (tertiary/aromatic N) is 3. The molecule has 0 bridgehead atoms. The lowest BCUT2D eigenvalue weighted by Gasteiger charge is -2.32. The van der Waals surface area contributed by atoms with Crippen molar-refractivity contribution < 1.29 is 4.79 Å². The van der Waals surface area contributed by atoms with Gasteiger partial charge in [0.05, 0.1) is 5.69 Å². The van der Waals surface area contributed by atoms with Crippen LogP contribution >= 0.6 is 11.6 Å². The normalized spacial score (nSPS) is 14.3. The molecule has 33 heavy (non-hydrogen) atoms. The lowest BCUT2D eigenvalue weighted by molar-refractivity contribution is -0.125. The highest BCUT2D eigenvalue weighted by molar-refractivity contribution is 6.31. The van der Waals surface area contributed by atoms with E-state index in [4.69, 9.17) is 11.6 Å². The second-order valence-electron chi connectivity index (χ2n) is 8.52. The minimum absolute atomic E-state index is 0.0137. The smallest absolute Gasteiger partial charge is 0.271 e. The Morgan fingerprint density at radius 2 is 1.85 bits per heavy atom. The molecule has 1 saturated heterocycles. The summed E-state index contributed by atoms with van der Waals surface area (Å²) < 4.78 is 1.38.